The van der Waals surface area contributed by atoms with Crippen LogP contribution in [0.15, 0.2) is 16.3 Å². The number of carboxylic acid groups (broad SMARTS) is 1. The molecule has 8 heteroatoms. The van der Waals surface area contributed by atoms with Gasteiger partial charge >= 0.3 is 5.97 Å². The molecule has 1 fully saturated rings. The van der Waals surface area contributed by atoms with Gasteiger partial charge < -0.3 is 10.0 Å². The molecule has 0 spiro atoms. The van der Waals surface area contributed by atoms with E-state index in [-0.39, 0.29) is 9.09 Å². The SMILES string of the molecule is CN1CCC(CNS(=O)(=O)c2ccc(C(=O)O)s2)C1. The Morgan fingerprint density at radius 1 is 1.58 bits per heavy atom. The summed E-state index contributed by atoms with van der Waals surface area (Å²) in [4.78, 5) is 12.9. The minimum atomic E-state index is -3.59. The predicted molar refractivity (Wildman–Crippen MR) is 72.1 cm³/mol. The first-order valence-electron chi connectivity index (χ1n) is 5.90. The standard InChI is InChI=1S/C11H16N2O4S2/c1-13-5-4-8(7-13)6-12-19(16,17)10-3-2-9(18-10)11(14)15/h2-3,8,12H,4-7H2,1H3,(H,14,15). The lowest BCUT2D eigenvalue weighted by Crippen LogP contribution is -2.30. The zero-order valence-electron chi connectivity index (χ0n) is 10.5. The topological polar surface area (TPSA) is 86.7 Å². The van der Waals surface area contributed by atoms with E-state index in [1.54, 1.807) is 0 Å². The number of nitrogens with zero attached hydrogens (tertiary/aromatic N) is 1. The fourth-order valence-corrected chi connectivity index (χ4v) is 4.38. The van der Waals surface area contributed by atoms with Crippen molar-refractivity contribution < 1.29 is 18.3 Å². The molecule has 1 atom stereocenters. The molecule has 1 unspecified atom stereocenters. The Morgan fingerprint density at radius 3 is 2.84 bits per heavy atom. The third-order valence-corrected chi connectivity index (χ3v) is 6.10. The number of hydrogen-bond acceptors (Lipinski definition) is 5. The van der Waals surface area contributed by atoms with Crippen LogP contribution >= 0.6 is 11.3 Å². The summed E-state index contributed by atoms with van der Waals surface area (Å²) in [6.45, 7) is 2.26. The fourth-order valence-electron chi connectivity index (χ4n) is 2.07. The van der Waals surface area contributed by atoms with Crippen LogP contribution in [0.25, 0.3) is 0 Å². The Bertz CT molecular complexity index is 567. The molecule has 2 N–H and O–H groups in total. The molecular formula is C11H16N2O4S2. The smallest absolute Gasteiger partial charge is 0.345 e. The van der Waals surface area contributed by atoms with Crippen molar-refractivity contribution in [3.8, 4) is 0 Å². The van der Waals surface area contributed by atoms with E-state index < -0.39 is 16.0 Å². The van der Waals surface area contributed by atoms with E-state index in [1.807, 2.05) is 7.05 Å². The van der Waals surface area contributed by atoms with E-state index in [0.29, 0.717) is 12.5 Å². The fraction of sp³-hybridized carbons (Fsp3) is 0.545. The van der Waals surface area contributed by atoms with Crippen molar-refractivity contribution in [2.24, 2.45) is 5.92 Å². The lowest BCUT2D eigenvalue weighted by atomic mass is 10.1. The zero-order valence-corrected chi connectivity index (χ0v) is 12.1. The molecule has 0 saturated carbocycles. The van der Waals surface area contributed by atoms with Gasteiger partial charge in [0, 0.05) is 13.1 Å². The maximum absolute atomic E-state index is 12.0. The van der Waals surface area contributed by atoms with Gasteiger partial charge in [0.05, 0.1) is 0 Å². The summed E-state index contributed by atoms with van der Waals surface area (Å²) in [5.41, 5.74) is 0. The maximum atomic E-state index is 12.0. The van der Waals surface area contributed by atoms with Gasteiger partial charge in [0.15, 0.2) is 0 Å². The van der Waals surface area contributed by atoms with Crippen molar-refractivity contribution in [1.29, 1.82) is 0 Å². The van der Waals surface area contributed by atoms with Gasteiger partial charge in [0.1, 0.15) is 9.09 Å². The number of rotatable bonds is 5. The summed E-state index contributed by atoms with van der Waals surface area (Å²) in [5.74, 6) is -0.789. The molecule has 6 nitrogen and oxygen atoms in total. The van der Waals surface area contributed by atoms with Gasteiger partial charge in [0.2, 0.25) is 10.0 Å². The van der Waals surface area contributed by atoms with Crippen LogP contribution in [0, 0.1) is 5.92 Å². The van der Waals surface area contributed by atoms with Crippen LogP contribution in [0.5, 0.6) is 0 Å². The largest absolute Gasteiger partial charge is 0.477 e. The molecule has 1 aromatic heterocycles. The van der Waals surface area contributed by atoms with Gasteiger partial charge in [0.25, 0.3) is 0 Å². The monoisotopic (exact) mass is 304 g/mol. The highest BCUT2D eigenvalue weighted by molar-refractivity contribution is 7.91. The molecule has 1 aromatic rings. The molecule has 0 aromatic carbocycles. The van der Waals surface area contributed by atoms with Gasteiger partial charge in [-0.05, 0) is 38.1 Å². The molecule has 0 bridgehead atoms. The average molecular weight is 304 g/mol. The summed E-state index contributed by atoms with van der Waals surface area (Å²) >= 11 is 0.771. The van der Waals surface area contributed by atoms with E-state index >= 15 is 0 Å². The van der Waals surface area contributed by atoms with Gasteiger partial charge in [-0.15, -0.1) is 11.3 Å². The quantitative estimate of drug-likeness (QED) is 0.835. The van der Waals surface area contributed by atoms with Crippen LogP contribution in [0.4, 0.5) is 0 Å². The molecule has 2 heterocycles. The van der Waals surface area contributed by atoms with E-state index in [4.69, 9.17) is 5.11 Å². The van der Waals surface area contributed by atoms with E-state index in [9.17, 15) is 13.2 Å². The highest BCUT2D eigenvalue weighted by Crippen LogP contribution is 2.22. The summed E-state index contributed by atoms with van der Waals surface area (Å²) in [7, 11) is -1.58. The lowest BCUT2D eigenvalue weighted by molar-refractivity contribution is 0.0702. The Morgan fingerprint density at radius 2 is 2.32 bits per heavy atom. The molecule has 2 rings (SSSR count). The maximum Gasteiger partial charge on any atom is 0.345 e. The second-order valence-electron chi connectivity index (χ2n) is 4.69. The van der Waals surface area contributed by atoms with Crippen molar-refractivity contribution >= 4 is 27.3 Å². The Kier molecular flexibility index (Phi) is 4.24. The van der Waals surface area contributed by atoms with Crippen LogP contribution < -0.4 is 4.72 Å². The molecule has 0 radical (unpaired) electrons. The van der Waals surface area contributed by atoms with Crippen LogP contribution in [0.1, 0.15) is 16.1 Å². The van der Waals surface area contributed by atoms with Gasteiger partial charge in [-0.2, -0.15) is 0 Å². The highest BCUT2D eigenvalue weighted by atomic mass is 32.2. The number of likely N-dealkylation sites (tertiary alicyclic amines) is 1. The number of hydrogen-bond donors (Lipinski definition) is 2. The third kappa shape index (κ3) is 3.53. The van der Waals surface area contributed by atoms with Crippen molar-refractivity contribution in [3.63, 3.8) is 0 Å². The first kappa shape index (κ1) is 14.4. The summed E-state index contributed by atoms with van der Waals surface area (Å²) < 4.78 is 26.6. The van der Waals surface area contributed by atoms with Gasteiger partial charge in [-0.3, -0.25) is 0 Å². The van der Waals surface area contributed by atoms with Crippen LogP contribution in [0.2, 0.25) is 0 Å². The normalized spacial score (nSPS) is 20.8. The van der Waals surface area contributed by atoms with Crippen molar-refractivity contribution in [2.45, 2.75) is 10.6 Å². The Balaban J connectivity index is 1.99. The molecule has 1 saturated heterocycles. The van der Waals surface area contributed by atoms with E-state index in [1.165, 1.54) is 12.1 Å². The number of thiophene rings is 1. The minimum Gasteiger partial charge on any atom is -0.477 e. The zero-order chi connectivity index (χ0) is 14.0. The number of sulfonamides is 1. The van der Waals surface area contributed by atoms with Crippen LogP contribution in [-0.4, -0.2) is 51.1 Å². The molecule has 1 aliphatic heterocycles. The van der Waals surface area contributed by atoms with Crippen molar-refractivity contribution in [1.82, 2.24) is 9.62 Å². The summed E-state index contributed by atoms with van der Waals surface area (Å²) in [5, 5.41) is 8.79. The van der Waals surface area contributed by atoms with Crippen molar-refractivity contribution in [2.75, 3.05) is 26.7 Å². The second kappa shape index (κ2) is 5.58. The summed E-state index contributed by atoms with van der Waals surface area (Å²) in [6, 6.07) is 2.64. The number of aromatic carboxylic acids is 1. The lowest BCUT2D eigenvalue weighted by Gasteiger charge is -2.11. The molecule has 19 heavy (non-hydrogen) atoms. The van der Waals surface area contributed by atoms with Crippen LogP contribution in [0.3, 0.4) is 0 Å². The Hall–Kier alpha value is -0.960. The molecule has 1 aliphatic rings. The molecule has 0 amide bonds. The summed E-state index contributed by atoms with van der Waals surface area (Å²) in [6.07, 6.45) is 0.976. The molecule has 0 aliphatic carbocycles. The van der Waals surface area contributed by atoms with E-state index in [0.717, 1.165) is 30.8 Å². The highest BCUT2D eigenvalue weighted by Gasteiger charge is 2.23. The number of nitrogens with one attached hydrogen (secondary N) is 1. The predicted octanol–water partition coefficient (Wildman–Crippen LogP) is 0.676. The van der Waals surface area contributed by atoms with Gasteiger partial charge in [-0.25, -0.2) is 17.9 Å². The number of carboxylic acids is 1. The molecular weight excluding hydrogens is 288 g/mol. The molecule has 106 valence electrons. The minimum absolute atomic E-state index is 0.0287. The van der Waals surface area contributed by atoms with E-state index in [2.05, 4.69) is 9.62 Å². The second-order valence-corrected chi connectivity index (χ2v) is 7.77. The first-order chi connectivity index (χ1) is 8.88. The third-order valence-electron chi connectivity index (χ3n) is 3.11. The average Bonchev–Trinajstić information content (AvgIpc) is 2.95. The van der Waals surface area contributed by atoms with Crippen molar-refractivity contribution in [3.05, 3.63) is 17.0 Å². The van der Waals surface area contributed by atoms with Crippen LogP contribution in [-0.2, 0) is 10.0 Å². The number of carbonyl (C=O) groups is 1. The first-order valence-corrected chi connectivity index (χ1v) is 8.20. The van der Waals surface area contributed by atoms with Gasteiger partial charge in [-0.1, -0.05) is 0 Å². The Labute approximate surface area is 116 Å².